The molecule has 0 radical (unpaired) electrons. The first-order valence-corrected chi connectivity index (χ1v) is 11.2. The third-order valence-corrected chi connectivity index (χ3v) is 7.33. The maximum Gasteiger partial charge on any atom is 0.317 e. The predicted octanol–water partition coefficient (Wildman–Crippen LogP) is 3.15. The quantitative estimate of drug-likeness (QED) is 0.844. The average molecular weight is 403 g/mol. The van der Waals surface area contributed by atoms with Crippen LogP contribution in [0.25, 0.3) is 0 Å². The van der Waals surface area contributed by atoms with Crippen LogP contribution in [0, 0.1) is 12.7 Å². The molecular formula is C23H35FN4O. The first-order chi connectivity index (χ1) is 14.0. The minimum atomic E-state index is -0.176. The maximum absolute atomic E-state index is 13.7. The Morgan fingerprint density at radius 1 is 1.10 bits per heavy atom. The maximum atomic E-state index is 13.7. The standard InChI is InChI=1S/C23H35FN4O/c1-18-14-20(24)15-19-6-11-27(16-21(18)19)22(29)25-17-23(7-12-26(2)13-8-23)28-9-4-3-5-10-28/h14-15H,3-13,16-17H2,1-2H3,(H,25,29). The van der Waals surface area contributed by atoms with E-state index in [-0.39, 0.29) is 17.4 Å². The zero-order chi connectivity index (χ0) is 20.4. The highest BCUT2D eigenvalue weighted by Crippen LogP contribution is 2.31. The summed E-state index contributed by atoms with van der Waals surface area (Å²) < 4.78 is 13.7. The zero-order valence-corrected chi connectivity index (χ0v) is 18.0. The van der Waals surface area contributed by atoms with Crippen molar-refractivity contribution in [1.82, 2.24) is 20.0 Å². The monoisotopic (exact) mass is 402 g/mol. The second kappa shape index (κ2) is 8.60. The topological polar surface area (TPSA) is 38.8 Å². The van der Waals surface area contributed by atoms with Crippen molar-refractivity contribution in [1.29, 1.82) is 0 Å². The Kier molecular flexibility index (Phi) is 6.11. The highest BCUT2D eigenvalue weighted by Gasteiger charge is 2.40. The zero-order valence-electron chi connectivity index (χ0n) is 18.0. The number of aryl methyl sites for hydroxylation is 1. The Bertz CT molecular complexity index is 739. The van der Waals surface area contributed by atoms with Crippen molar-refractivity contribution in [2.45, 2.75) is 57.5 Å². The Labute approximate surface area is 174 Å². The smallest absolute Gasteiger partial charge is 0.317 e. The summed E-state index contributed by atoms with van der Waals surface area (Å²) in [6, 6.07) is 3.22. The molecule has 3 aliphatic heterocycles. The summed E-state index contributed by atoms with van der Waals surface area (Å²) in [5.74, 6) is -0.176. The van der Waals surface area contributed by atoms with Crippen LogP contribution in [0.5, 0.6) is 0 Å². The number of urea groups is 1. The molecule has 0 unspecified atom stereocenters. The number of hydrogen-bond donors (Lipinski definition) is 1. The largest absolute Gasteiger partial charge is 0.336 e. The van der Waals surface area contributed by atoms with Gasteiger partial charge in [-0.2, -0.15) is 0 Å². The van der Waals surface area contributed by atoms with Gasteiger partial charge in [0.2, 0.25) is 0 Å². The van der Waals surface area contributed by atoms with Gasteiger partial charge in [0.25, 0.3) is 0 Å². The first-order valence-electron chi connectivity index (χ1n) is 11.2. The van der Waals surface area contributed by atoms with Crippen molar-refractivity contribution in [3.63, 3.8) is 0 Å². The number of rotatable bonds is 3. The molecule has 3 heterocycles. The van der Waals surface area contributed by atoms with Gasteiger partial charge in [-0.05, 0) is 101 Å². The van der Waals surface area contributed by atoms with E-state index >= 15 is 0 Å². The third-order valence-electron chi connectivity index (χ3n) is 7.33. The molecule has 0 atom stereocenters. The van der Waals surface area contributed by atoms with Crippen LogP contribution >= 0.6 is 0 Å². The molecule has 0 aromatic heterocycles. The number of fused-ring (bicyclic) bond motifs is 1. The van der Waals surface area contributed by atoms with E-state index in [1.54, 1.807) is 12.1 Å². The molecule has 1 N–H and O–H groups in total. The van der Waals surface area contributed by atoms with Gasteiger partial charge in [-0.1, -0.05) is 6.42 Å². The van der Waals surface area contributed by atoms with Crippen LogP contribution in [-0.4, -0.2) is 72.6 Å². The summed E-state index contributed by atoms with van der Waals surface area (Å²) in [5.41, 5.74) is 3.19. The molecule has 6 heteroatoms. The van der Waals surface area contributed by atoms with Crippen LogP contribution in [-0.2, 0) is 13.0 Å². The van der Waals surface area contributed by atoms with Crippen LogP contribution in [0.2, 0.25) is 0 Å². The van der Waals surface area contributed by atoms with Crippen molar-refractivity contribution in [3.8, 4) is 0 Å². The first kappa shape index (κ1) is 20.6. The number of amides is 2. The summed E-state index contributed by atoms with van der Waals surface area (Å²) in [7, 11) is 2.19. The molecule has 2 amide bonds. The number of nitrogens with zero attached hydrogens (tertiary/aromatic N) is 3. The van der Waals surface area contributed by atoms with Gasteiger partial charge in [0.15, 0.2) is 0 Å². The number of carbonyl (C=O) groups excluding carboxylic acids is 1. The molecule has 3 aliphatic rings. The van der Waals surface area contributed by atoms with Crippen LogP contribution in [0.15, 0.2) is 12.1 Å². The van der Waals surface area contributed by atoms with Gasteiger partial charge in [-0.15, -0.1) is 0 Å². The predicted molar refractivity (Wildman–Crippen MR) is 114 cm³/mol. The number of carbonyl (C=O) groups is 1. The summed E-state index contributed by atoms with van der Waals surface area (Å²) >= 11 is 0. The van der Waals surface area contributed by atoms with Crippen molar-refractivity contribution >= 4 is 6.03 Å². The Hall–Kier alpha value is -1.66. The van der Waals surface area contributed by atoms with Gasteiger partial charge in [-0.3, -0.25) is 4.90 Å². The Morgan fingerprint density at radius 3 is 2.55 bits per heavy atom. The molecule has 0 aliphatic carbocycles. The molecule has 1 aromatic carbocycles. The van der Waals surface area contributed by atoms with Gasteiger partial charge in [0.05, 0.1) is 0 Å². The van der Waals surface area contributed by atoms with Gasteiger partial charge in [-0.25, -0.2) is 9.18 Å². The normalized spacial score (nSPS) is 22.9. The lowest BCUT2D eigenvalue weighted by Gasteiger charge is -2.50. The summed E-state index contributed by atoms with van der Waals surface area (Å²) in [5, 5.41) is 3.29. The number of halogens is 1. The van der Waals surface area contributed by atoms with Gasteiger partial charge >= 0.3 is 6.03 Å². The summed E-state index contributed by atoms with van der Waals surface area (Å²) in [6.07, 6.45) is 6.82. The SMILES string of the molecule is Cc1cc(F)cc2c1CN(C(=O)NCC1(N3CCCCC3)CCN(C)CC1)CC2. The van der Waals surface area contributed by atoms with E-state index in [4.69, 9.17) is 0 Å². The van der Waals surface area contributed by atoms with Crippen LogP contribution in [0.3, 0.4) is 0 Å². The molecule has 5 nitrogen and oxygen atoms in total. The Morgan fingerprint density at radius 2 is 1.83 bits per heavy atom. The third kappa shape index (κ3) is 4.43. The lowest BCUT2D eigenvalue weighted by molar-refractivity contribution is 0.0153. The molecule has 0 spiro atoms. The van der Waals surface area contributed by atoms with Crippen molar-refractivity contribution in [3.05, 3.63) is 34.6 Å². The number of piperidine rings is 2. The van der Waals surface area contributed by atoms with Crippen molar-refractivity contribution < 1.29 is 9.18 Å². The van der Waals surface area contributed by atoms with E-state index in [1.807, 2.05) is 11.8 Å². The van der Waals surface area contributed by atoms with Crippen LogP contribution in [0.4, 0.5) is 9.18 Å². The van der Waals surface area contributed by atoms with Crippen LogP contribution < -0.4 is 5.32 Å². The van der Waals surface area contributed by atoms with Gasteiger partial charge in [0, 0.05) is 25.2 Å². The van der Waals surface area contributed by atoms with Gasteiger partial charge in [0.1, 0.15) is 5.82 Å². The molecule has 2 saturated heterocycles. The summed E-state index contributed by atoms with van der Waals surface area (Å²) in [4.78, 5) is 20.0. The van der Waals surface area contributed by atoms with E-state index in [2.05, 4.69) is 22.2 Å². The van der Waals surface area contributed by atoms with Crippen molar-refractivity contribution in [2.75, 3.05) is 46.3 Å². The highest BCUT2D eigenvalue weighted by molar-refractivity contribution is 5.74. The fourth-order valence-electron chi connectivity index (χ4n) is 5.35. The van der Waals surface area contributed by atoms with E-state index in [0.29, 0.717) is 13.1 Å². The molecule has 2 fully saturated rings. The minimum Gasteiger partial charge on any atom is -0.336 e. The molecule has 4 rings (SSSR count). The fourth-order valence-corrected chi connectivity index (χ4v) is 5.35. The molecule has 1 aromatic rings. The molecule has 0 bridgehead atoms. The van der Waals surface area contributed by atoms with E-state index in [0.717, 1.165) is 68.7 Å². The van der Waals surface area contributed by atoms with Crippen molar-refractivity contribution in [2.24, 2.45) is 0 Å². The van der Waals surface area contributed by atoms with E-state index in [1.165, 1.54) is 19.3 Å². The second-order valence-corrected chi connectivity index (χ2v) is 9.27. The average Bonchev–Trinajstić information content (AvgIpc) is 2.74. The molecular weight excluding hydrogens is 367 g/mol. The second-order valence-electron chi connectivity index (χ2n) is 9.27. The molecule has 0 saturated carbocycles. The van der Waals surface area contributed by atoms with Gasteiger partial charge < -0.3 is 15.1 Å². The number of likely N-dealkylation sites (tertiary alicyclic amines) is 2. The number of hydrogen-bond acceptors (Lipinski definition) is 3. The summed E-state index contributed by atoms with van der Waals surface area (Å²) in [6.45, 7) is 8.39. The fraction of sp³-hybridized carbons (Fsp3) is 0.696. The lowest BCUT2D eigenvalue weighted by atomic mass is 9.84. The minimum absolute atomic E-state index is 0.0229. The molecule has 29 heavy (non-hydrogen) atoms. The Balaban J connectivity index is 1.41. The molecule has 160 valence electrons. The van der Waals surface area contributed by atoms with E-state index < -0.39 is 0 Å². The van der Waals surface area contributed by atoms with E-state index in [9.17, 15) is 9.18 Å². The highest BCUT2D eigenvalue weighted by atomic mass is 19.1. The lowest BCUT2D eigenvalue weighted by Crippen LogP contribution is -2.62. The number of nitrogens with one attached hydrogen (secondary N) is 1. The van der Waals surface area contributed by atoms with Crippen LogP contribution in [0.1, 0.15) is 48.8 Å². The number of benzene rings is 1.